The van der Waals surface area contributed by atoms with E-state index in [0.29, 0.717) is 21.5 Å². The quantitative estimate of drug-likeness (QED) is 0.334. The lowest BCUT2D eigenvalue weighted by atomic mass is 10.0. The highest BCUT2D eigenvalue weighted by Crippen LogP contribution is 2.38. The van der Waals surface area contributed by atoms with Gasteiger partial charge in [0.1, 0.15) is 15.9 Å². The van der Waals surface area contributed by atoms with Crippen molar-refractivity contribution in [2.45, 2.75) is 39.3 Å². The zero-order valence-electron chi connectivity index (χ0n) is 20.9. The number of hydrogen-bond donors (Lipinski definition) is 2. The summed E-state index contributed by atoms with van der Waals surface area (Å²) in [7, 11) is 0. The molecule has 0 saturated heterocycles. The average molecular weight is 518 g/mol. The molecule has 2 aromatic carbocycles. The lowest BCUT2D eigenvalue weighted by Gasteiger charge is -2.37. The molecule has 0 aliphatic carbocycles. The minimum absolute atomic E-state index is 0.245. The van der Waals surface area contributed by atoms with Crippen molar-refractivity contribution < 1.29 is 19.5 Å². The molecule has 2 heterocycles. The fourth-order valence-corrected chi connectivity index (χ4v) is 5.53. The molecule has 0 bridgehead atoms. The zero-order chi connectivity index (χ0) is 26.9. The molecule has 4 rings (SSSR count). The maximum atomic E-state index is 13.7. The van der Waals surface area contributed by atoms with Gasteiger partial charge in [-0.1, -0.05) is 59.9 Å². The summed E-state index contributed by atoms with van der Waals surface area (Å²) in [4.78, 5) is 53.4. The summed E-state index contributed by atoms with van der Waals surface area (Å²) >= 11 is 1.10. The highest BCUT2D eigenvalue weighted by Gasteiger charge is 2.35. The Balaban J connectivity index is 1.89. The van der Waals surface area contributed by atoms with Gasteiger partial charge in [-0.05, 0) is 45.9 Å². The van der Waals surface area contributed by atoms with Crippen LogP contribution < -0.4 is 10.9 Å². The SMILES string of the molecule is C[C@@H](C(=O)Nc1sc2c(ccc(=O)n2-c2ccccc2)c1C(=O)c1ccccc1)N(C(=O)O)C(C)(C)C. The number of rotatable bonds is 6. The second kappa shape index (κ2) is 10.0. The van der Waals surface area contributed by atoms with Crippen molar-refractivity contribution in [3.63, 3.8) is 0 Å². The Kier molecular flexibility index (Phi) is 7.00. The molecular formula is C28H27N3O5S. The van der Waals surface area contributed by atoms with Crippen molar-refractivity contribution >= 4 is 44.3 Å². The number of thiophene rings is 1. The lowest BCUT2D eigenvalue weighted by molar-refractivity contribution is -0.121. The van der Waals surface area contributed by atoms with Crippen LogP contribution in [0.15, 0.2) is 77.6 Å². The van der Waals surface area contributed by atoms with E-state index < -0.39 is 23.6 Å². The predicted molar refractivity (Wildman–Crippen MR) is 145 cm³/mol. The molecule has 0 aliphatic heterocycles. The number of carbonyl (C=O) groups excluding carboxylic acids is 2. The number of benzene rings is 2. The number of pyridine rings is 1. The number of aromatic nitrogens is 1. The first-order chi connectivity index (χ1) is 17.5. The number of carboxylic acid groups (broad SMARTS) is 1. The number of amides is 2. The fourth-order valence-electron chi connectivity index (χ4n) is 4.32. The van der Waals surface area contributed by atoms with Gasteiger partial charge < -0.3 is 10.4 Å². The Morgan fingerprint density at radius 2 is 1.54 bits per heavy atom. The highest BCUT2D eigenvalue weighted by atomic mass is 32.1. The van der Waals surface area contributed by atoms with Crippen LogP contribution in [0, 0.1) is 0 Å². The van der Waals surface area contributed by atoms with Crippen LogP contribution in [0.3, 0.4) is 0 Å². The molecule has 9 heteroatoms. The Bertz CT molecular complexity index is 1540. The van der Waals surface area contributed by atoms with E-state index in [4.69, 9.17) is 0 Å². The minimum atomic E-state index is -1.23. The number of ketones is 1. The number of nitrogens with zero attached hydrogens (tertiary/aromatic N) is 2. The second-order valence-electron chi connectivity index (χ2n) is 9.55. The molecule has 1 atom stereocenters. The first kappa shape index (κ1) is 25.8. The number of carbonyl (C=O) groups is 3. The smallest absolute Gasteiger partial charge is 0.408 e. The number of hydrogen-bond acceptors (Lipinski definition) is 5. The summed E-state index contributed by atoms with van der Waals surface area (Å²) in [6, 6.07) is 19.6. The molecule has 190 valence electrons. The van der Waals surface area contributed by atoms with Gasteiger partial charge in [-0.2, -0.15) is 0 Å². The monoisotopic (exact) mass is 517 g/mol. The predicted octanol–water partition coefficient (Wildman–Crippen LogP) is 5.39. The van der Waals surface area contributed by atoms with Crippen molar-refractivity contribution in [1.29, 1.82) is 0 Å². The summed E-state index contributed by atoms with van der Waals surface area (Å²) in [6.07, 6.45) is -1.23. The Hall–Kier alpha value is -4.24. The van der Waals surface area contributed by atoms with Gasteiger partial charge >= 0.3 is 6.09 Å². The molecule has 0 unspecified atom stereocenters. The van der Waals surface area contributed by atoms with Gasteiger partial charge in [0, 0.05) is 22.6 Å². The Labute approximate surface area is 217 Å². The number of anilines is 1. The summed E-state index contributed by atoms with van der Waals surface area (Å²) in [6.45, 7) is 6.61. The Morgan fingerprint density at radius 3 is 2.11 bits per heavy atom. The molecule has 2 amide bonds. The van der Waals surface area contributed by atoms with Crippen LogP contribution in [0.2, 0.25) is 0 Å². The van der Waals surface area contributed by atoms with Gasteiger partial charge in [0.15, 0.2) is 5.78 Å². The van der Waals surface area contributed by atoms with E-state index in [9.17, 15) is 24.3 Å². The zero-order valence-corrected chi connectivity index (χ0v) is 21.7. The van der Waals surface area contributed by atoms with Crippen LogP contribution in [0.5, 0.6) is 0 Å². The normalized spacial score (nSPS) is 12.2. The van der Waals surface area contributed by atoms with E-state index in [-0.39, 0.29) is 21.9 Å². The number of nitrogens with one attached hydrogen (secondary N) is 1. The molecule has 4 aromatic rings. The second-order valence-corrected chi connectivity index (χ2v) is 10.6. The topological polar surface area (TPSA) is 109 Å². The standard InChI is InChI=1S/C28H27N3O5S/c1-17(31(27(35)36)28(2,3)4)24(34)29-25-22(23(33)18-11-7-5-8-12-18)20-15-16-21(32)30(26(20)37-25)19-13-9-6-10-14-19/h5-17H,1-4H3,(H,29,34)(H,35,36)/t17-/m0/s1. The molecule has 2 aromatic heterocycles. The van der Waals surface area contributed by atoms with Gasteiger partial charge in [-0.3, -0.25) is 23.9 Å². The van der Waals surface area contributed by atoms with E-state index in [2.05, 4.69) is 5.32 Å². The van der Waals surface area contributed by atoms with Crippen LogP contribution in [0.4, 0.5) is 9.80 Å². The molecule has 8 nitrogen and oxygen atoms in total. The Morgan fingerprint density at radius 1 is 0.946 bits per heavy atom. The molecule has 0 radical (unpaired) electrons. The molecule has 0 saturated carbocycles. The molecule has 2 N–H and O–H groups in total. The fraction of sp³-hybridized carbons (Fsp3) is 0.214. The van der Waals surface area contributed by atoms with E-state index in [1.165, 1.54) is 17.6 Å². The first-order valence-electron chi connectivity index (χ1n) is 11.7. The third kappa shape index (κ3) is 5.03. The minimum Gasteiger partial charge on any atom is -0.465 e. The third-order valence-corrected chi connectivity index (χ3v) is 7.06. The van der Waals surface area contributed by atoms with Crippen molar-refractivity contribution in [3.8, 4) is 5.69 Å². The highest BCUT2D eigenvalue weighted by molar-refractivity contribution is 7.23. The number of fused-ring (bicyclic) bond motifs is 1. The summed E-state index contributed by atoms with van der Waals surface area (Å²) in [5.41, 5.74) is 0.169. The van der Waals surface area contributed by atoms with Crippen LogP contribution >= 0.6 is 11.3 Å². The van der Waals surface area contributed by atoms with Crippen LogP contribution in [-0.4, -0.2) is 43.9 Å². The molecule has 0 aliphatic rings. The van der Waals surface area contributed by atoms with Crippen LogP contribution in [0.25, 0.3) is 15.9 Å². The van der Waals surface area contributed by atoms with Crippen molar-refractivity contribution in [1.82, 2.24) is 9.47 Å². The lowest BCUT2D eigenvalue weighted by Crippen LogP contribution is -2.54. The first-order valence-corrected chi connectivity index (χ1v) is 12.5. The number of para-hydroxylation sites is 1. The summed E-state index contributed by atoms with van der Waals surface area (Å²) < 4.78 is 1.50. The van der Waals surface area contributed by atoms with E-state index in [0.717, 1.165) is 16.2 Å². The van der Waals surface area contributed by atoms with Crippen molar-refractivity contribution in [3.05, 3.63) is 94.3 Å². The summed E-state index contributed by atoms with van der Waals surface area (Å²) in [5.74, 6) is -0.904. The van der Waals surface area contributed by atoms with Crippen LogP contribution in [0.1, 0.15) is 43.6 Å². The van der Waals surface area contributed by atoms with Crippen LogP contribution in [-0.2, 0) is 4.79 Å². The largest absolute Gasteiger partial charge is 0.465 e. The van der Waals surface area contributed by atoms with Gasteiger partial charge in [-0.15, -0.1) is 0 Å². The maximum absolute atomic E-state index is 13.7. The van der Waals surface area contributed by atoms with Gasteiger partial charge in [0.2, 0.25) is 5.91 Å². The molecule has 37 heavy (non-hydrogen) atoms. The molecule has 0 fully saturated rings. The molecular weight excluding hydrogens is 490 g/mol. The maximum Gasteiger partial charge on any atom is 0.408 e. The van der Waals surface area contributed by atoms with E-state index in [1.807, 2.05) is 18.2 Å². The third-order valence-electron chi connectivity index (χ3n) is 5.95. The van der Waals surface area contributed by atoms with Gasteiger partial charge in [0.05, 0.1) is 11.3 Å². The van der Waals surface area contributed by atoms with Crippen molar-refractivity contribution in [2.75, 3.05) is 5.32 Å². The van der Waals surface area contributed by atoms with E-state index in [1.54, 1.807) is 69.3 Å². The van der Waals surface area contributed by atoms with Gasteiger partial charge in [0.25, 0.3) is 5.56 Å². The summed E-state index contributed by atoms with van der Waals surface area (Å²) in [5, 5.41) is 13.3. The van der Waals surface area contributed by atoms with Gasteiger partial charge in [-0.25, -0.2) is 4.79 Å². The van der Waals surface area contributed by atoms with E-state index >= 15 is 0 Å². The van der Waals surface area contributed by atoms with Crippen molar-refractivity contribution in [2.24, 2.45) is 0 Å². The average Bonchev–Trinajstić information content (AvgIpc) is 3.21. The molecule has 0 spiro atoms.